The fourth-order valence-electron chi connectivity index (χ4n) is 2.07. The van der Waals surface area contributed by atoms with E-state index in [2.05, 4.69) is 58.0 Å². The topological polar surface area (TPSA) is 17.8 Å². The van der Waals surface area contributed by atoms with Crippen LogP contribution in [0.1, 0.15) is 78.2 Å². The quantitative estimate of drug-likeness (QED) is 0.746. The number of imidazole rings is 1. The second-order valence-electron chi connectivity index (χ2n) is 6.05. The highest BCUT2D eigenvalue weighted by atomic mass is 15.1. The molecule has 16 heavy (non-hydrogen) atoms. The van der Waals surface area contributed by atoms with Crippen LogP contribution in [0.4, 0.5) is 0 Å². The smallest absolute Gasteiger partial charge is 0.0954 e. The molecule has 0 fully saturated rings. The van der Waals surface area contributed by atoms with E-state index in [1.54, 1.807) is 0 Å². The Morgan fingerprint density at radius 2 is 1.81 bits per heavy atom. The first-order chi connectivity index (χ1) is 7.29. The Labute approximate surface area is 100 Å². The van der Waals surface area contributed by atoms with Crippen LogP contribution in [0.5, 0.6) is 0 Å². The predicted molar refractivity (Wildman–Crippen MR) is 70.0 cm³/mol. The summed E-state index contributed by atoms with van der Waals surface area (Å²) in [6.45, 7) is 15.7. The van der Waals surface area contributed by atoms with Crippen molar-refractivity contribution in [3.8, 4) is 0 Å². The van der Waals surface area contributed by atoms with Crippen LogP contribution in [0.2, 0.25) is 0 Å². The summed E-state index contributed by atoms with van der Waals surface area (Å²) in [5.41, 5.74) is 2.79. The lowest BCUT2D eigenvalue weighted by Gasteiger charge is -2.23. The minimum atomic E-state index is 0.137. The highest BCUT2D eigenvalue weighted by molar-refractivity contribution is 5.24. The fraction of sp³-hybridized carbons (Fsp3) is 0.786. The van der Waals surface area contributed by atoms with E-state index in [0.29, 0.717) is 12.0 Å². The molecule has 2 nitrogen and oxygen atoms in total. The third-order valence-electron chi connectivity index (χ3n) is 3.16. The maximum absolute atomic E-state index is 4.64. The Bertz CT molecular complexity index is 342. The SMILES string of the molecule is CCC(C)n1cnc(C(C)(C)C)c1C(C)C. The summed E-state index contributed by atoms with van der Waals surface area (Å²) in [5.74, 6) is 0.533. The van der Waals surface area contributed by atoms with Crippen LogP contribution >= 0.6 is 0 Å². The van der Waals surface area contributed by atoms with Gasteiger partial charge in [0.25, 0.3) is 0 Å². The van der Waals surface area contributed by atoms with Crippen molar-refractivity contribution in [2.45, 2.75) is 72.3 Å². The van der Waals surface area contributed by atoms with Crippen molar-refractivity contribution in [1.82, 2.24) is 9.55 Å². The standard InChI is InChI=1S/C14H26N2/c1-8-11(4)16-9-15-13(14(5,6)7)12(16)10(2)3/h9-11H,8H2,1-7H3. The molecule has 0 aliphatic rings. The van der Waals surface area contributed by atoms with Crippen molar-refractivity contribution in [3.05, 3.63) is 17.7 Å². The Morgan fingerprint density at radius 1 is 1.25 bits per heavy atom. The van der Waals surface area contributed by atoms with E-state index in [4.69, 9.17) is 0 Å². The molecule has 1 heterocycles. The second-order valence-corrected chi connectivity index (χ2v) is 6.05. The average Bonchev–Trinajstić information content (AvgIpc) is 2.59. The number of hydrogen-bond acceptors (Lipinski definition) is 1. The molecule has 0 radical (unpaired) electrons. The number of nitrogens with zero attached hydrogens (tertiary/aromatic N) is 2. The average molecular weight is 222 g/mol. The Kier molecular flexibility index (Phi) is 3.82. The van der Waals surface area contributed by atoms with Gasteiger partial charge >= 0.3 is 0 Å². The van der Waals surface area contributed by atoms with Gasteiger partial charge in [-0.25, -0.2) is 4.98 Å². The minimum absolute atomic E-state index is 0.137. The molecule has 1 aromatic heterocycles. The van der Waals surface area contributed by atoms with Crippen LogP contribution in [-0.2, 0) is 5.41 Å². The van der Waals surface area contributed by atoms with Gasteiger partial charge in [-0.05, 0) is 19.3 Å². The summed E-state index contributed by atoms with van der Waals surface area (Å²) in [6, 6.07) is 0.543. The maximum atomic E-state index is 4.64. The van der Waals surface area contributed by atoms with Gasteiger partial charge in [0, 0.05) is 17.2 Å². The summed E-state index contributed by atoms with van der Waals surface area (Å²) >= 11 is 0. The summed E-state index contributed by atoms with van der Waals surface area (Å²) < 4.78 is 2.35. The maximum Gasteiger partial charge on any atom is 0.0954 e. The van der Waals surface area contributed by atoms with Crippen LogP contribution in [0.3, 0.4) is 0 Å². The zero-order valence-corrected chi connectivity index (χ0v) is 11.8. The van der Waals surface area contributed by atoms with Crippen LogP contribution < -0.4 is 0 Å². The van der Waals surface area contributed by atoms with Gasteiger partial charge in [0.15, 0.2) is 0 Å². The third kappa shape index (κ3) is 2.47. The highest BCUT2D eigenvalue weighted by Gasteiger charge is 2.25. The van der Waals surface area contributed by atoms with E-state index in [0.717, 1.165) is 6.42 Å². The molecule has 92 valence electrons. The van der Waals surface area contributed by atoms with Crippen LogP contribution in [0, 0.1) is 0 Å². The van der Waals surface area contributed by atoms with Gasteiger partial charge in [-0.3, -0.25) is 0 Å². The van der Waals surface area contributed by atoms with Gasteiger partial charge in [0.1, 0.15) is 0 Å². The zero-order chi connectivity index (χ0) is 12.5. The molecule has 1 rings (SSSR count). The van der Waals surface area contributed by atoms with E-state index in [-0.39, 0.29) is 5.41 Å². The summed E-state index contributed by atoms with van der Waals surface area (Å²) in [6.07, 6.45) is 3.17. The lowest BCUT2D eigenvalue weighted by Crippen LogP contribution is -2.17. The monoisotopic (exact) mass is 222 g/mol. The fourth-order valence-corrected chi connectivity index (χ4v) is 2.07. The normalized spacial score (nSPS) is 14.5. The molecule has 0 aromatic carbocycles. The van der Waals surface area contributed by atoms with E-state index >= 15 is 0 Å². The van der Waals surface area contributed by atoms with Gasteiger partial charge < -0.3 is 4.57 Å². The van der Waals surface area contributed by atoms with E-state index in [9.17, 15) is 0 Å². The molecule has 1 unspecified atom stereocenters. The second kappa shape index (κ2) is 4.60. The van der Waals surface area contributed by atoms with Gasteiger partial charge in [0.2, 0.25) is 0 Å². The molecule has 0 N–H and O–H groups in total. The zero-order valence-electron chi connectivity index (χ0n) is 11.8. The number of hydrogen-bond donors (Lipinski definition) is 0. The minimum Gasteiger partial charge on any atom is -0.331 e. The molecular weight excluding hydrogens is 196 g/mol. The summed E-state index contributed by atoms with van der Waals surface area (Å²) in [4.78, 5) is 4.64. The van der Waals surface area contributed by atoms with Crippen molar-refractivity contribution < 1.29 is 0 Å². The van der Waals surface area contributed by atoms with Gasteiger partial charge in [0.05, 0.1) is 12.0 Å². The Balaban J connectivity index is 3.28. The first kappa shape index (κ1) is 13.3. The molecule has 0 saturated heterocycles. The molecular formula is C14H26N2. The van der Waals surface area contributed by atoms with Crippen molar-refractivity contribution in [2.75, 3.05) is 0 Å². The Morgan fingerprint density at radius 3 is 2.19 bits per heavy atom. The van der Waals surface area contributed by atoms with Crippen molar-refractivity contribution in [1.29, 1.82) is 0 Å². The lowest BCUT2D eigenvalue weighted by atomic mass is 9.88. The summed E-state index contributed by atoms with van der Waals surface area (Å²) in [5, 5.41) is 0. The van der Waals surface area contributed by atoms with E-state index < -0.39 is 0 Å². The number of aromatic nitrogens is 2. The van der Waals surface area contributed by atoms with Gasteiger partial charge in [-0.2, -0.15) is 0 Å². The molecule has 0 bridgehead atoms. The molecule has 1 aromatic rings. The Hall–Kier alpha value is -0.790. The van der Waals surface area contributed by atoms with Crippen LogP contribution in [-0.4, -0.2) is 9.55 Å². The molecule has 0 saturated carbocycles. The van der Waals surface area contributed by atoms with Crippen LogP contribution in [0.25, 0.3) is 0 Å². The van der Waals surface area contributed by atoms with E-state index in [1.807, 2.05) is 6.33 Å². The molecule has 0 amide bonds. The largest absolute Gasteiger partial charge is 0.331 e. The summed E-state index contributed by atoms with van der Waals surface area (Å²) in [7, 11) is 0. The first-order valence-electron chi connectivity index (χ1n) is 6.36. The molecule has 0 aliphatic carbocycles. The number of rotatable bonds is 3. The van der Waals surface area contributed by atoms with Crippen LogP contribution in [0.15, 0.2) is 6.33 Å². The molecule has 0 aliphatic heterocycles. The predicted octanol–water partition coefficient (Wildman–Crippen LogP) is 4.28. The van der Waals surface area contributed by atoms with E-state index in [1.165, 1.54) is 11.4 Å². The molecule has 0 spiro atoms. The van der Waals surface area contributed by atoms with Crippen molar-refractivity contribution in [3.63, 3.8) is 0 Å². The van der Waals surface area contributed by atoms with Crippen molar-refractivity contribution >= 4 is 0 Å². The highest BCUT2D eigenvalue weighted by Crippen LogP contribution is 2.31. The molecule has 2 heteroatoms. The lowest BCUT2D eigenvalue weighted by molar-refractivity contribution is 0.490. The first-order valence-corrected chi connectivity index (χ1v) is 6.36. The van der Waals surface area contributed by atoms with Gasteiger partial charge in [-0.15, -0.1) is 0 Å². The van der Waals surface area contributed by atoms with Crippen molar-refractivity contribution in [2.24, 2.45) is 0 Å². The molecule has 1 atom stereocenters. The van der Waals surface area contributed by atoms with Gasteiger partial charge in [-0.1, -0.05) is 41.5 Å². The third-order valence-corrected chi connectivity index (χ3v) is 3.16.